The van der Waals surface area contributed by atoms with Crippen LogP contribution in [-0.2, 0) is 16.0 Å². The number of nitrogens with zero attached hydrogens (tertiary/aromatic N) is 3. The maximum atomic E-state index is 12.4. The molecule has 0 saturated carbocycles. The van der Waals surface area contributed by atoms with E-state index in [0.29, 0.717) is 42.8 Å². The SMILES string of the molecule is C[C@@H]1CN(C(=O)CCc2nnc(-c3ccc(Cl)cc3)o2)[C@H](C)CO1. The lowest BCUT2D eigenvalue weighted by atomic mass is 10.1. The van der Waals surface area contributed by atoms with Crippen LogP contribution in [0.25, 0.3) is 11.5 Å². The van der Waals surface area contributed by atoms with Crippen LogP contribution in [0.3, 0.4) is 0 Å². The zero-order valence-electron chi connectivity index (χ0n) is 13.7. The van der Waals surface area contributed by atoms with Crippen LogP contribution in [0.15, 0.2) is 28.7 Å². The highest BCUT2D eigenvalue weighted by molar-refractivity contribution is 6.30. The van der Waals surface area contributed by atoms with Gasteiger partial charge in [0.25, 0.3) is 0 Å². The monoisotopic (exact) mass is 349 g/mol. The number of carbonyl (C=O) groups is 1. The summed E-state index contributed by atoms with van der Waals surface area (Å²) in [6, 6.07) is 7.28. The van der Waals surface area contributed by atoms with E-state index in [9.17, 15) is 4.79 Å². The molecule has 1 aliphatic heterocycles. The molecule has 1 aromatic carbocycles. The molecular weight excluding hydrogens is 330 g/mol. The topological polar surface area (TPSA) is 68.5 Å². The second-order valence-corrected chi connectivity index (χ2v) is 6.48. The van der Waals surface area contributed by atoms with E-state index in [1.165, 1.54) is 0 Å². The Morgan fingerprint density at radius 2 is 2.04 bits per heavy atom. The second-order valence-electron chi connectivity index (χ2n) is 6.05. The highest BCUT2D eigenvalue weighted by Crippen LogP contribution is 2.21. The van der Waals surface area contributed by atoms with Gasteiger partial charge < -0.3 is 14.1 Å². The Balaban J connectivity index is 1.59. The number of aromatic nitrogens is 2. The third-order valence-electron chi connectivity index (χ3n) is 4.04. The zero-order valence-corrected chi connectivity index (χ0v) is 14.5. The van der Waals surface area contributed by atoms with Gasteiger partial charge in [0.05, 0.1) is 18.8 Å². The summed E-state index contributed by atoms with van der Waals surface area (Å²) < 4.78 is 11.2. The maximum absolute atomic E-state index is 12.4. The highest BCUT2D eigenvalue weighted by Gasteiger charge is 2.27. The van der Waals surface area contributed by atoms with E-state index in [-0.39, 0.29) is 18.1 Å². The van der Waals surface area contributed by atoms with E-state index >= 15 is 0 Å². The van der Waals surface area contributed by atoms with Crippen molar-refractivity contribution in [3.63, 3.8) is 0 Å². The number of ether oxygens (including phenoxy) is 1. The van der Waals surface area contributed by atoms with Gasteiger partial charge in [0.15, 0.2) is 0 Å². The van der Waals surface area contributed by atoms with Gasteiger partial charge in [-0.3, -0.25) is 4.79 Å². The molecule has 1 amide bonds. The number of amides is 1. The molecule has 0 aliphatic carbocycles. The third-order valence-corrected chi connectivity index (χ3v) is 4.29. The zero-order chi connectivity index (χ0) is 17.1. The van der Waals surface area contributed by atoms with Crippen LogP contribution in [0, 0.1) is 0 Å². The van der Waals surface area contributed by atoms with Gasteiger partial charge in [-0.2, -0.15) is 0 Å². The molecule has 0 N–H and O–H groups in total. The molecule has 0 unspecified atom stereocenters. The van der Waals surface area contributed by atoms with Crippen LogP contribution in [0.4, 0.5) is 0 Å². The lowest BCUT2D eigenvalue weighted by molar-refractivity contribution is -0.143. The molecule has 0 spiro atoms. The van der Waals surface area contributed by atoms with Crippen molar-refractivity contribution in [3.05, 3.63) is 35.2 Å². The molecule has 3 rings (SSSR count). The number of rotatable bonds is 4. The average Bonchev–Trinajstić information content (AvgIpc) is 3.04. The minimum Gasteiger partial charge on any atom is -0.421 e. The van der Waals surface area contributed by atoms with Crippen LogP contribution < -0.4 is 0 Å². The largest absolute Gasteiger partial charge is 0.421 e. The first-order chi connectivity index (χ1) is 11.5. The molecule has 1 aliphatic rings. The molecule has 2 atom stereocenters. The molecule has 7 heteroatoms. The van der Waals surface area contributed by atoms with E-state index < -0.39 is 0 Å². The summed E-state index contributed by atoms with van der Waals surface area (Å²) in [5, 5.41) is 8.70. The first-order valence-corrected chi connectivity index (χ1v) is 8.40. The summed E-state index contributed by atoms with van der Waals surface area (Å²) in [7, 11) is 0. The molecule has 1 aromatic heterocycles. The van der Waals surface area contributed by atoms with Crippen molar-refractivity contribution >= 4 is 17.5 Å². The van der Waals surface area contributed by atoms with E-state index in [1.807, 2.05) is 30.9 Å². The third kappa shape index (κ3) is 3.94. The quantitative estimate of drug-likeness (QED) is 0.848. The molecule has 24 heavy (non-hydrogen) atoms. The van der Waals surface area contributed by atoms with Gasteiger partial charge in [-0.05, 0) is 38.1 Å². The van der Waals surface area contributed by atoms with Crippen LogP contribution in [0.5, 0.6) is 0 Å². The second kappa shape index (κ2) is 7.32. The van der Waals surface area contributed by atoms with Crippen molar-refractivity contribution in [2.45, 2.75) is 38.8 Å². The van der Waals surface area contributed by atoms with E-state index in [2.05, 4.69) is 10.2 Å². The summed E-state index contributed by atoms with van der Waals surface area (Å²) in [6.07, 6.45) is 0.849. The Morgan fingerprint density at radius 1 is 1.29 bits per heavy atom. The fourth-order valence-corrected chi connectivity index (χ4v) is 2.80. The fraction of sp³-hybridized carbons (Fsp3) is 0.471. The Labute approximate surface area is 145 Å². The van der Waals surface area contributed by atoms with Crippen molar-refractivity contribution in [1.29, 1.82) is 0 Å². The first-order valence-electron chi connectivity index (χ1n) is 8.02. The van der Waals surface area contributed by atoms with Crippen LogP contribution in [0.1, 0.15) is 26.2 Å². The number of aryl methyl sites for hydroxylation is 1. The summed E-state index contributed by atoms with van der Waals surface area (Å²) in [4.78, 5) is 14.3. The number of hydrogen-bond donors (Lipinski definition) is 0. The average molecular weight is 350 g/mol. The molecule has 2 aromatic rings. The molecule has 1 saturated heterocycles. The summed E-state index contributed by atoms with van der Waals surface area (Å²) >= 11 is 5.87. The molecule has 128 valence electrons. The van der Waals surface area contributed by atoms with Crippen molar-refractivity contribution in [3.8, 4) is 11.5 Å². The van der Waals surface area contributed by atoms with E-state index in [0.717, 1.165) is 5.56 Å². The van der Waals surface area contributed by atoms with Crippen molar-refractivity contribution in [2.75, 3.05) is 13.2 Å². The highest BCUT2D eigenvalue weighted by atomic mass is 35.5. The van der Waals surface area contributed by atoms with Gasteiger partial charge in [0.1, 0.15) is 0 Å². The lowest BCUT2D eigenvalue weighted by Crippen LogP contribution is -2.50. The van der Waals surface area contributed by atoms with E-state index in [4.69, 9.17) is 20.8 Å². The maximum Gasteiger partial charge on any atom is 0.247 e. The molecule has 1 fully saturated rings. The molecule has 0 radical (unpaired) electrons. The minimum atomic E-state index is 0.0741. The Bertz CT molecular complexity index is 701. The van der Waals surface area contributed by atoms with E-state index in [1.54, 1.807) is 12.1 Å². The molecule has 6 nitrogen and oxygen atoms in total. The van der Waals surface area contributed by atoms with Gasteiger partial charge in [0.2, 0.25) is 17.7 Å². The molecule has 2 heterocycles. The smallest absolute Gasteiger partial charge is 0.247 e. The molecular formula is C17H20ClN3O3. The first kappa shape index (κ1) is 16.9. The minimum absolute atomic E-state index is 0.0741. The van der Waals surface area contributed by atoms with Crippen molar-refractivity contribution in [1.82, 2.24) is 15.1 Å². The molecule has 0 bridgehead atoms. The summed E-state index contributed by atoms with van der Waals surface area (Å²) in [5.41, 5.74) is 0.806. The van der Waals surface area contributed by atoms with Gasteiger partial charge in [-0.15, -0.1) is 10.2 Å². The van der Waals surface area contributed by atoms with Gasteiger partial charge >= 0.3 is 0 Å². The number of carbonyl (C=O) groups excluding carboxylic acids is 1. The number of hydrogen-bond acceptors (Lipinski definition) is 5. The number of halogens is 1. The summed E-state index contributed by atoms with van der Waals surface area (Å²) in [5.74, 6) is 0.980. The van der Waals surface area contributed by atoms with Crippen LogP contribution in [-0.4, -0.2) is 46.3 Å². The van der Waals surface area contributed by atoms with Crippen LogP contribution >= 0.6 is 11.6 Å². The predicted molar refractivity (Wildman–Crippen MR) is 89.7 cm³/mol. The van der Waals surface area contributed by atoms with Crippen molar-refractivity contribution < 1.29 is 13.9 Å². The Kier molecular flexibility index (Phi) is 5.16. The van der Waals surface area contributed by atoms with Gasteiger partial charge in [0, 0.05) is 30.0 Å². The lowest BCUT2D eigenvalue weighted by Gasteiger charge is -2.36. The van der Waals surface area contributed by atoms with Crippen LogP contribution in [0.2, 0.25) is 5.02 Å². The number of benzene rings is 1. The Morgan fingerprint density at radius 3 is 2.79 bits per heavy atom. The van der Waals surface area contributed by atoms with Crippen molar-refractivity contribution in [2.24, 2.45) is 0 Å². The fourth-order valence-electron chi connectivity index (χ4n) is 2.67. The number of morpholine rings is 1. The predicted octanol–water partition coefficient (Wildman–Crippen LogP) is 2.96. The Hall–Kier alpha value is -1.92. The normalized spacial score (nSPS) is 21.0. The van der Waals surface area contributed by atoms with Gasteiger partial charge in [-0.1, -0.05) is 11.6 Å². The summed E-state index contributed by atoms with van der Waals surface area (Å²) in [6.45, 7) is 5.17. The standard InChI is InChI=1S/C17H20ClN3O3/c1-11-10-23-12(2)9-21(11)16(22)8-7-15-19-20-17(24-15)13-3-5-14(18)6-4-13/h3-6,11-12H,7-10H2,1-2H3/t11-,12-/m1/s1. The van der Waals surface area contributed by atoms with Gasteiger partial charge in [-0.25, -0.2) is 0 Å².